The molecule has 1 amide bonds. The van der Waals surface area contributed by atoms with Crippen LogP contribution < -0.4 is 15.4 Å². The zero-order valence-corrected chi connectivity index (χ0v) is 11.5. The van der Waals surface area contributed by atoms with Gasteiger partial charge in [-0.25, -0.2) is 13.1 Å². The quantitative estimate of drug-likeness (QED) is 0.707. The molecule has 1 fully saturated rings. The molecule has 1 saturated heterocycles. The average Bonchev–Trinajstić information content (AvgIpc) is 2.90. The zero-order chi connectivity index (χ0) is 13.9. The summed E-state index contributed by atoms with van der Waals surface area (Å²) >= 11 is 0. The molecule has 0 bridgehead atoms. The van der Waals surface area contributed by atoms with Crippen LogP contribution >= 0.6 is 0 Å². The van der Waals surface area contributed by atoms with Crippen LogP contribution in [0.1, 0.15) is 16.8 Å². The van der Waals surface area contributed by atoms with Gasteiger partial charge in [-0.2, -0.15) is 0 Å². The lowest BCUT2D eigenvalue weighted by molar-refractivity contribution is 0.0963. The maximum Gasteiger partial charge on any atom is 0.251 e. The number of carbonyl (C=O) groups is 1. The van der Waals surface area contributed by atoms with Gasteiger partial charge in [0.2, 0.25) is 10.0 Å². The van der Waals surface area contributed by atoms with E-state index in [0.717, 1.165) is 13.0 Å². The number of rotatable bonds is 4. The maximum absolute atomic E-state index is 12.1. The molecule has 1 aromatic carbocycles. The normalized spacial score (nSPS) is 19.3. The lowest BCUT2D eigenvalue weighted by atomic mass is 10.2. The molecule has 104 valence electrons. The van der Waals surface area contributed by atoms with Gasteiger partial charge in [0.25, 0.3) is 5.91 Å². The summed E-state index contributed by atoms with van der Waals surface area (Å²) in [4.78, 5) is 11.5. The van der Waals surface area contributed by atoms with Crippen LogP contribution in [0.3, 0.4) is 0 Å². The fourth-order valence-corrected chi connectivity index (χ4v) is 3.24. The second kappa shape index (κ2) is 5.68. The number of sulfonamides is 1. The number of benzene rings is 1. The Balaban J connectivity index is 2.14. The molecule has 1 atom stereocenters. The summed E-state index contributed by atoms with van der Waals surface area (Å²) in [6, 6.07) is 5.81. The van der Waals surface area contributed by atoms with Gasteiger partial charge >= 0.3 is 0 Å². The first-order valence-corrected chi connectivity index (χ1v) is 7.56. The van der Waals surface area contributed by atoms with Crippen LogP contribution in [0.2, 0.25) is 0 Å². The standard InChI is InChI=1S/C12H17N3O3S/c1-13-12(16)9-2-4-11(5-3-9)19(17,18)15-10-6-7-14-8-10/h2-5,10,14-15H,6-8H2,1H3,(H,13,16). The first-order valence-electron chi connectivity index (χ1n) is 6.08. The molecule has 0 spiro atoms. The van der Waals surface area contributed by atoms with Gasteiger partial charge in [-0.1, -0.05) is 0 Å². The third kappa shape index (κ3) is 3.31. The second-order valence-electron chi connectivity index (χ2n) is 4.41. The highest BCUT2D eigenvalue weighted by Crippen LogP contribution is 2.12. The zero-order valence-electron chi connectivity index (χ0n) is 10.6. The summed E-state index contributed by atoms with van der Waals surface area (Å²) in [6.45, 7) is 1.47. The summed E-state index contributed by atoms with van der Waals surface area (Å²) in [6.07, 6.45) is 0.787. The molecule has 1 aliphatic heterocycles. The van der Waals surface area contributed by atoms with Gasteiger partial charge in [0.05, 0.1) is 4.90 Å². The van der Waals surface area contributed by atoms with Crippen molar-refractivity contribution in [3.8, 4) is 0 Å². The molecule has 3 N–H and O–H groups in total. The predicted molar refractivity (Wildman–Crippen MR) is 71.4 cm³/mol. The molecule has 1 unspecified atom stereocenters. The molecule has 0 saturated carbocycles. The van der Waals surface area contributed by atoms with Crippen LogP contribution in [0.5, 0.6) is 0 Å². The van der Waals surface area contributed by atoms with Crippen molar-refractivity contribution in [2.45, 2.75) is 17.4 Å². The highest BCUT2D eigenvalue weighted by atomic mass is 32.2. The molecule has 1 heterocycles. The van der Waals surface area contributed by atoms with Gasteiger partial charge in [0, 0.05) is 25.2 Å². The van der Waals surface area contributed by atoms with Crippen LogP contribution in [0.25, 0.3) is 0 Å². The fourth-order valence-electron chi connectivity index (χ4n) is 1.97. The maximum atomic E-state index is 12.1. The van der Waals surface area contributed by atoms with Gasteiger partial charge in [-0.05, 0) is 37.2 Å². The van der Waals surface area contributed by atoms with Crippen molar-refractivity contribution in [1.29, 1.82) is 0 Å². The van der Waals surface area contributed by atoms with E-state index in [0.29, 0.717) is 12.1 Å². The van der Waals surface area contributed by atoms with Gasteiger partial charge in [0.1, 0.15) is 0 Å². The van der Waals surface area contributed by atoms with E-state index in [2.05, 4.69) is 15.4 Å². The molecule has 0 radical (unpaired) electrons. The lowest BCUT2D eigenvalue weighted by Gasteiger charge is -2.12. The smallest absolute Gasteiger partial charge is 0.251 e. The van der Waals surface area contributed by atoms with E-state index in [4.69, 9.17) is 0 Å². The lowest BCUT2D eigenvalue weighted by Crippen LogP contribution is -2.36. The molecular weight excluding hydrogens is 266 g/mol. The van der Waals surface area contributed by atoms with Gasteiger partial charge in [-0.15, -0.1) is 0 Å². The minimum atomic E-state index is -3.51. The third-order valence-electron chi connectivity index (χ3n) is 3.04. The molecule has 0 aromatic heterocycles. The third-order valence-corrected chi connectivity index (χ3v) is 4.57. The van der Waals surface area contributed by atoms with Crippen LogP contribution in [0.15, 0.2) is 29.2 Å². The Labute approximate surface area is 112 Å². The molecular formula is C12H17N3O3S. The van der Waals surface area contributed by atoms with Crippen molar-refractivity contribution >= 4 is 15.9 Å². The van der Waals surface area contributed by atoms with E-state index in [-0.39, 0.29) is 16.8 Å². The monoisotopic (exact) mass is 283 g/mol. The van der Waals surface area contributed by atoms with E-state index in [9.17, 15) is 13.2 Å². The summed E-state index contributed by atoms with van der Waals surface area (Å²) in [7, 11) is -1.99. The second-order valence-corrected chi connectivity index (χ2v) is 6.13. The predicted octanol–water partition coefficient (Wildman–Crippen LogP) is -0.314. The fraction of sp³-hybridized carbons (Fsp3) is 0.417. The van der Waals surface area contributed by atoms with Crippen LogP contribution in [-0.2, 0) is 10.0 Å². The molecule has 2 rings (SSSR count). The van der Waals surface area contributed by atoms with Crippen LogP contribution in [0, 0.1) is 0 Å². The number of hydrogen-bond acceptors (Lipinski definition) is 4. The largest absolute Gasteiger partial charge is 0.355 e. The summed E-state index contributed by atoms with van der Waals surface area (Å²) in [5.41, 5.74) is 0.434. The molecule has 0 aliphatic carbocycles. The number of hydrogen-bond donors (Lipinski definition) is 3. The Morgan fingerprint density at radius 2 is 2.00 bits per heavy atom. The Morgan fingerprint density at radius 1 is 1.32 bits per heavy atom. The molecule has 1 aliphatic rings. The van der Waals surface area contributed by atoms with E-state index in [1.54, 1.807) is 0 Å². The van der Waals surface area contributed by atoms with E-state index < -0.39 is 10.0 Å². The number of amides is 1. The summed E-state index contributed by atoms with van der Waals surface area (Å²) < 4.78 is 26.8. The highest BCUT2D eigenvalue weighted by Gasteiger charge is 2.22. The molecule has 19 heavy (non-hydrogen) atoms. The van der Waals surface area contributed by atoms with Crippen LogP contribution in [0.4, 0.5) is 0 Å². The first-order chi connectivity index (χ1) is 9.03. The average molecular weight is 283 g/mol. The Kier molecular flexibility index (Phi) is 4.18. The number of carbonyl (C=O) groups excluding carboxylic acids is 1. The van der Waals surface area contributed by atoms with E-state index >= 15 is 0 Å². The van der Waals surface area contributed by atoms with Gasteiger partial charge in [-0.3, -0.25) is 4.79 Å². The van der Waals surface area contributed by atoms with Crippen molar-refractivity contribution < 1.29 is 13.2 Å². The van der Waals surface area contributed by atoms with E-state index in [1.165, 1.54) is 31.3 Å². The molecule has 7 heteroatoms. The Bertz CT molecular complexity index is 548. The van der Waals surface area contributed by atoms with Crippen molar-refractivity contribution in [3.63, 3.8) is 0 Å². The van der Waals surface area contributed by atoms with E-state index in [1.807, 2.05) is 0 Å². The van der Waals surface area contributed by atoms with Gasteiger partial charge < -0.3 is 10.6 Å². The molecule has 1 aromatic rings. The van der Waals surface area contributed by atoms with Gasteiger partial charge in [0.15, 0.2) is 0 Å². The van der Waals surface area contributed by atoms with Crippen molar-refractivity contribution in [2.24, 2.45) is 0 Å². The minimum absolute atomic E-state index is 0.0661. The summed E-state index contributed by atoms with van der Waals surface area (Å²) in [5.74, 6) is -0.239. The summed E-state index contributed by atoms with van der Waals surface area (Å²) in [5, 5.41) is 5.58. The topological polar surface area (TPSA) is 87.3 Å². The van der Waals surface area contributed by atoms with Crippen molar-refractivity contribution in [2.75, 3.05) is 20.1 Å². The number of nitrogens with one attached hydrogen (secondary N) is 3. The molecule has 6 nitrogen and oxygen atoms in total. The SMILES string of the molecule is CNC(=O)c1ccc(S(=O)(=O)NC2CCNC2)cc1. The van der Waals surface area contributed by atoms with Crippen LogP contribution in [-0.4, -0.2) is 40.5 Å². The minimum Gasteiger partial charge on any atom is -0.355 e. The Morgan fingerprint density at radius 3 is 2.53 bits per heavy atom. The Hall–Kier alpha value is -1.44. The van der Waals surface area contributed by atoms with Crippen molar-refractivity contribution in [3.05, 3.63) is 29.8 Å². The first kappa shape index (κ1) is 14.0. The highest BCUT2D eigenvalue weighted by molar-refractivity contribution is 7.89. The van der Waals surface area contributed by atoms with Crippen molar-refractivity contribution in [1.82, 2.24) is 15.4 Å².